The number of aliphatic hydroxyl groups excluding tert-OH is 1. The summed E-state index contributed by atoms with van der Waals surface area (Å²) in [7, 11) is 0. The fourth-order valence-corrected chi connectivity index (χ4v) is 7.72. The zero-order valence-electron chi connectivity index (χ0n) is 23.5. The molecule has 1 N–H and O–H groups in total. The molecule has 0 unspecified atom stereocenters. The summed E-state index contributed by atoms with van der Waals surface area (Å²) in [4.78, 5) is 53.0. The normalized spacial score (nSPS) is 25.4. The van der Waals surface area contributed by atoms with Crippen molar-refractivity contribution in [1.82, 2.24) is 13.9 Å². The minimum Gasteiger partial charge on any atom is -0.491 e. The summed E-state index contributed by atoms with van der Waals surface area (Å²) >= 11 is 14.7. The van der Waals surface area contributed by atoms with Crippen molar-refractivity contribution in [3.8, 4) is 11.4 Å². The Morgan fingerprint density at radius 3 is 2.27 bits per heavy atom. The number of carbonyl (C=O) groups excluding carboxylic acids is 2. The van der Waals surface area contributed by atoms with Gasteiger partial charge in [0.05, 0.1) is 30.6 Å². The Balaban J connectivity index is 1.47. The predicted octanol–water partition coefficient (Wildman–Crippen LogP) is 3.51. The number of benzene rings is 3. The van der Waals surface area contributed by atoms with Gasteiger partial charge < -0.3 is 9.84 Å². The van der Waals surface area contributed by atoms with Crippen LogP contribution in [0, 0.1) is 5.82 Å². The quantitative estimate of drug-likeness (QED) is 0.194. The van der Waals surface area contributed by atoms with E-state index in [9.17, 15) is 28.7 Å². The number of ether oxygens (including phenoxy) is 1. The predicted molar refractivity (Wildman–Crippen MR) is 164 cm³/mol. The van der Waals surface area contributed by atoms with Crippen molar-refractivity contribution in [3.63, 3.8) is 0 Å². The standard InChI is InChI=1S/C32H25Cl2FN4O6/c33-31-18-24-22(14-15-36-29(43)38(30(44)39(24)36)20-6-2-1-3-7-20)26(23-8-4-5-9-25(23)45-17-16-40)32(31,34)28(42)37(27(31)41)21-12-10-19(35)11-13-21/h1-14,24,26,40H,15-18H2/t24-,26-,31-,32+/m1/s1. The van der Waals surface area contributed by atoms with Crippen LogP contribution >= 0.6 is 23.2 Å². The lowest BCUT2D eigenvalue weighted by Crippen LogP contribution is -2.59. The summed E-state index contributed by atoms with van der Waals surface area (Å²) in [5.41, 5.74) is 0.0925. The third-order valence-corrected chi connectivity index (χ3v) is 10.2. The van der Waals surface area contributed by atoms with E-state index in [-0.39, 0.29) is 37.6 Å². The Morgan fingerprint density at radius 1 is 0.867 bits per heavy atom. The second-order valence-electron chi connectivity index (χ2n) is 11.1. The molecule has 10 nitrogen and oxygen atoms in total. The van der Waals surface area contributed by atoms with E-state index in [0.717, 1.165) is 21.6 Å². The molecule has 45 heavy (non-hydrogen) atoms. The molecule has 0 radical (unpaired) electrons. The van der Waals surface area contributed by atoms with E-state index in [1.54, 1.807) is 60.7 Å². The summed E-state index contributed by atoms with van der Waals surface area (Å²) in [5.74, 6) is -3.07. The summed E-state index contributed by atoms with van der Waals surface area (Å²) < 4.78 is 23.3. The van der Waals surface area contributed by atoms with Gasteiger partial charge in [0.2, 0.25) is 0 Å². The van der Waals surface area contributed by atoms with E-state index in [1.807, 2.05) is 0 Å². The first-order chi connectivity index (χ1) is 21.6. The van der Waals surface area contributed by atoms with Crippen molar-refractivity contribution in [3.05, 3.63) is 123 Å². The molecule has 1 saturated carbocycles. The minimum atomic E-state index is -2.13. The SMILES string of the molecule is O=C1N(c2ccc(F)cc2)C(=O)[C@@]2(Cl)[C@@H](c3ccccc3OCCO)C3=CCn4c(=O)n(-c5ccccc5)c(=O)n4[C@@H]3C[C@@]12Cl. The summed E-state index contributed by atoms with van der Waals surface area (Å²) in [6, 6.07) is 19.0. The van der Waals surface area contributed by atoms with Crippen LogP contribution in [0.1, 0.15) is 23.9 Å². The maximum Gasteiger partial charge on any atom is 0.352 e. The number of hydrogen-bond acceptors (Lipinski definition) is 6. The summed E-state index contributed by atoms with van der Waals surface area (Å²) in [5, 5.41) is 9.49. The monoisotopic (exact) mass is 650 g/mol. The van der Waals surface area contributed by atoms with Gasteiger partial charge in [-0.2, -0.15) is 0 Å². The van der Waals surface area contributed by atoms with Crippen LogP contribution < -0.4 is 21.0 Å². The molecule has 3 aromatic carbocycles. The van der Waals surface area contributed by atoms with Gasteiger partial charge in [-0.3, -0.25) is 9.59 Å². The van der Waals surface area contributed by atoms with E-state index < -0.39 is 50.7 Å². The Kier molecular flexibility index (Phi) is 6.88. The van der Waals surface area contributed by atoms with Crippen LogP contribution in [0.4, 0.5) is 10.1 Å². The van der Waals surface area contributed by atoms with Crippen molar-refractivity contribution in [2.45, 2.75) is 34.7 Å². The Labute approximate surface area is 265 Å². The number of allylic oxidation sites excluding steroid dienone is 2. The molecule has 0 spiro atoms. The maximum atomic E-state index is 14.5. The maximum absolute atomic E-state index is 14.5. The molecule has 3 heterocycles. The average molecular weight is 651 g/mol. The first-order valence-corrected chi connectivity index (χ1v) is 14.9. The first kappa shape index (κ1) is 29.3. The molecule has 230 valence electrons. The Bertz CT molecular complexity index is 2010. The number of amides is 2. The van der Waals surface area contributed by atoms with Crippen molar-refractivity contribution < 1.29 is 23.8 Å². The highest BCUT2D eigenvalue weighted by molar-refractivity contribution is 6.58. The molecule has 2 aliphatic heterocycles. The smallest absolute Gasteiger partial charge is 0.352 e. The zero-order valence-corrected chi connectivity index (χ0v) is 25.0. The molecule has 2 fully saturated rings. The van der Waals surface area contributed by atoms with Gasteiger partial charge in [0.15, 0.2) is 9.75 Å². The molecule has 2 amide bonds. The number of carbonyl (C=O) groups is 2. The number of rotatable bonds is 6. The van der Waals surface area contributed by atoms with Gasteiger partial charge in [-0.05, 0) is 48.0 Å². The van der Waals surface area contributed by atoms with Gasteiger partial charge in [-0.25, -0.2) is 32.8 Å². The molecule has 13 heteroatoms. The number of fused-ring (bicyclic) bond motifs is 4. The largest absolute Gasteiger partial charge is 0.491 e. The molecule has 1 saturated heterocycles. The second kappa shape index (κ2) is 10.6. The molecule has 1 aromatic heterocycles. The summed E-state index contributed by atoms with van der Waals surface area (Å²) in [6.45, 7) is -0.386. The van der Waals surface area contributed by atoms with Crippen LogP contribution in [0.15, 0.2) is 100 Å². The van der Waals surface area contributed by atoms with E-state index in [2.05, 4.69) is 0 Å². The van der Waals surface area contributed by atoms with E-state index >= 15 is 0 Å². The topological polar surface area (TPSA) is 116 Å². The van der Waals surface area contributed by atoms with Crippen LogP contribution in [0.5, 0.6) is 5.75 Å². The van der Waals surface area contributed by atoms with Crippen molar-refractivity contribution >= 4 is 40.7 Å². The fourth-order valence-electron chi connectivity index (χ4n) is 6.81. The number of hydrogen-bond donors (Lipinski definition) is 1. The van der Waals surface area contributed by atoms with Gasteiger partial charge in [0, 0.05) is 17.9 Å². The third-order valence-electron chi connectivity index (χ3n) is 8.76. The number of aliphatic hydroxyl groups is 1. The molecule has 1 aliphatic carbocycles. The molecule has 0 bridgehead atoms. The van der Waals surface area contributed by atoms with Crippen LogP contribution in [0.3, 0.4) is 0 Å². The lowest BCUT2D eigenvalue weighted by atomic mass is 9.64. The average Bonchev–Trinajstić information content (AvgIpc) is 3.39. The van der Waals surface area contributed by atoms with E-state index in [4.69, 9.17) is 27.9 Å². The van der Waals surface area contributed by atoms with Gasteiger partial charge in [-0.1, -0.05) is 42.5 Å². The van der Waals surface area contributed by atoms with Crippen LogP contribution in [0.25, 0.3) is 5.69 Å². The minimum absolute atomic E-state index is 0.0258. The highest BCUT2D eigenvalue weighted by Crippen LogP contribution is 2.64. The van der Waals surface area contributed by atoms with Crippen molar-refractivity contribution in [2.24, 2.45) is 0 Å². The van der Waals surface area contributed by atoms with Gasteiger partial charge in [0.1, 0.15) is 18.2 Å². The molecular weight excluding hydrogens is 626 g/mol. The molecule has 4 aromatic rings. The lowest BCUT2D eigenvalue weighted by Gasteiger charge is -2.49. The third kappa shape index (κ3) is 4.04. The Morgan fingerprint density at radius 2 is 1.56 bits per heavy atom. The van der Waals surface area contributed by atoms with Gasteiger partial charge >= 0.3 is 11.4 Å². The van der Waals surface area contributed by atoms with E-state index in [1.165, 1.54) is 21.5 Å². The highest BCUT2D eigenvalue weighted by Gasteiger charge is 2.76. The fraction of sp³-hybridized carbons (Fsp3) is 0.250. The highest BCUT2D eigenvalue weighted by atomic mass is 35.5. The van der Waals surface area contributed by atoms with E-state index in [0.29, 0.717) is 16.8 Å². The number of anilines is 1. The van der Waals surface area contributed by atoms with Crippen molar-refractivity contribution in [2.75, 3.05) is 18.1 Å². The number of imide groups is 1. The Hall–Kier alpha value is -4.45. The summed E-state index contributed by atoms with van der Waals surface area (Å²) in [6.07, 6.45) is 1.42. The zero-order chi connectivity index (χ0) is 31.7. The number of aromatic nitrogens is 3. The number of para-hydroxylation sites is 2. The number of halogens is 3. The van der Waals surface area contributed by atoms with Gasteiger partial charge in [-0.15, -0.1) is 23.2 Å². The number of nitrogens with zero attached hydrogens (tertiary/aromatic N) is 4. The van der Waals surface area contributed by atoms with Crippen LogP contribution in [0.2, 0.25) is 0 Å². The first-order valence-electron chi connectivity index (χ1n) is 14.2. The van der Waals surface area contributed by atoms with Crippen molar-refractivity contribution in [1.29, 1.82) is 0 Å². The molecular formula is C32H25Cl2FN4O6. The molecule has 3 aliphatic rings. The van der Waals surface area contributed by atoms with Crippen LogP contribution in [-0.4, -0.2) is 53.8 Å². The van der Waals surface area contributed by atoms with Crippen LogP contribution in [-0.2, 0) is 16.1 Å². The lowest BCUT2D eigenvalue weighted by molar-refractivity contribution is -0.122. The second-order valence-corrected chi connectivity index (χ2v) is 12.3. The van der Waals surface area contributed by atoms with Gasteiger partial charge in [0.25, 0.3) is 11.8 Å². The molecule has 7 rings (SSSR count). The number of alkyl halides is 2. The molecule has 4 atom stereocenters.